The lowest BCUT2D eigenvalue weighted by molar-refractivity contribution is -0.175. The molecule has 2 saturated heterocycles. The summed E-state index contributed by atoms with van der Waals surface area (Å²) in [7, 11) is 0. The molecular weight excluding hydrogens is 327 g/mol. The van der Waals surface area contributed by atoms with Crippen molar-refractivity contribution in [3.05, 3.63) is 34.1 Å². The van der Waals surface area contributed by atoms with Gasteiger partial charge in [-0.25, -0.2) is 4.39 Å². The van der Waals surface area contributed by atoms with Gasteiger partial charge in [0.2, 0.25) is 0 Å². The van der Waals surface area contributed by atoms with Crippen LogP contribution >= 0.6 is 15.9 Å². The highest BCUT2D eigenvalue weighted by Gasteiger charge is 2.52. The fourth-order valence-electron chi connectivity index (χ4n) is 3.53. The van der Waals surface area contributed by atoms with Gasteiger partial charge in [-0.1, -0.05) is 22.0 Å². The molecule has 3 fully saturated rings. The standard InChI is InChI=1S/C15H16BrFO3/c16-10-1-2-11(12(17)7-10)14-3-5-15(6-4-14,20-9-14)8-13(18)19/h1-2,7H,3-6,8-9H2,(H,18,19). The fourth-order valence-corrected chi connectivity index (χ4v) is 3.87. The zero-order valence-corrected chi connectivity index (χ0v) is 12.6. The number of benzene rings is 1. The molecule has 1 aromatic carbocycles. The molecule has 0 unspecified atom stereocenters. The summed E-state index contributed by atoms with van der Waals surface area (Å²) in [5, 5.41) is 8.99. The van der Waals surface area contributed by atoms with Crippen molar-refractivity contribution in [3.8, 4) is 0 Å². The van der Waals surface area contributed by atoms with Crippen LogP contribution in [0.1, 0.15) is 37.7 Å². The van der Waals surface area contributed by atoms with Gasteiger partial charge in [0.25, 0.3) is 0 Å². The Hall–Kier alpha value is -0.940. The van der Waals surface area contributed by atoms with Gasteiger partial charge in [0.05, 0.1) is 18.6 Å². The molecule has 20 heavy (non-hydrogen) atoms. The third kappa shape index (κ3) is 2.27. The number of ether oxygens (including phenoxy) is 1. The van der Waals surface area contributed by atoms with Crippen LogP contribution in [0, 0.1) is 5.82 Å². The van der Waals surface area contributed by atoms with Gasteiger partial charge < -0.3 is 9.84 Å². The Labute approximate surface area is 125 Å². The minimum Gasteiger partial charge on any atom is -0.481 e. The predicted octanol–water partition coefficient (Wildman–Crippen LogP) is 3.64. The van der Waals surface area contributed by atoms with Crippen molar-refractivity contribution in [2.75, 3.05) is 6.61 Å². The predicted molar refractivity (Wildman–Crippen MR) is 75.2 cm³/mol. The molecule has 2 heterocycles. The number of halogens is 2. The van der Waals surface area contributed by atoms with Gasteiger partial charge >= 0.3 is 5.97 Å². The first-order valence-corrected chi connectivity index (χ1v) is 7.55. The zero-order valence-electron chi connectivity index (χ0n) is 11.0. The van der Waals surface area contributed by atoms with Crippen LogP contribution in [0.5, 0.6) is 0 Å². The molecule has 1 N–H and O–H groups in total. The first-order valence-electron chi connectivity index (χ1n) is 6.76. The molecule has 2 bridgehead atoms. The average molecular weight is 343 g/mol. The Balaban J connectivity index is 1.86. The first-order chi connectivity index (χ1) is 9.45. The van der Waals surface area contributed by atoms with Gasteiger partial charge in [-0.15, -0.1) is 0 Å². The zero-order chi connectivity index (χ0) is 14.4. The number of carboxylic acids is 1. The molecule has 5 heteroatoms. The minimum atomic E-state index is -0.825. The van der Waals surface area contributed by atoms with Crippen LogP contribution in [0.4, 0.5) is 4.39 Å². The molecular formula is C15H16BrFO3. The number of hydrogen-bond acceptors (Lipinski definition) is 2. The number of rotatable bonds is 3. The van der Waals surface area contributed by atoms with E-state index >= 15 is 0 Å². The molecule has 2 aliphatic heterocycles. The van der Waals surface area contributed by atoms with Crippen LogP contribution in [0.25, 0.3) is 0 Å². The summed E-state index contributed by atoms with van der Waals surface area (Å²) in [6.07, 6.45) is 3.01. The number of carbonyl (C=O) groups is 1. The maximum absolute atomic E-state index is 14.2. The lowest BCUT2D eigenvalue weighted by atomic mass is 9.62. The Kier molecular flexibility index (Phi) is 3.37. The summed E-state index contributed by atoms with van der Waals surface area (Å²) in [4.78, 5) is 10.9. The van der Waals surface area contributed by atoms with Crippen molar-refractivity contribution in [2.24, 2.45) is 0 Å². The van der Waals surface area contributed by atoms with E-state index in [0.717, 1.165) is 17.3 Å². The SMILES string of the molecule is O=C(O)CC12CCC(c3ccc(Br)cc3F)(CC1)CO2. The number of carboxylic acid groups (broad SMARTS) is 1. The van der Waals surface area contributed by atoms with Crippen molar-refractivity contribution in [3.63, 3.8) is 0 Å². The topological polar surface area (TPSA) is 46.5 Å². The molecule has 3 aliphatic rings. The van der Waals surface area contributed by atoms with Crippen LogP contribution < -0.4 is 0 Å². The molecule has 4 rings (SSSR count). The van der Waals surface area contributed by atoms with Crippen molar-refractivity contribution in [2.45, 2.75) is 43.1 Å². The van der Waals surface area contributed by atoms with Gasteiger partial charge in [0, 0.05) is 9.89 Å². The van der Waals surface area contributed by atoms with E-state index in [-0.39, 0.29) is 17.7 Å². The van der Waals surface area contributed by atoms with E-state index < -0.39 is 11.6 Å². The Bertz CT molecular complexity index is 534. The number of aliphatic carboxylic acids is 1. The quantitative estimate of drug-likeness (QED) is 0.911. The third-order valence-corrected chi connectivity index (χ3v) is 5.24. The van der Waals surface area contributed by atoms with Gasteiger partial charge in [0.15, 0.2) is 0 Å². The van der Waals surface area contributed by atoms with Crippen LogP contribution in [0.2, 0.25) is 0 Å². The number of fused-ring (bicyclic) bond motifs is 3. The minimum absolute atomic E-state index is 0.0475. The molecule has 0 radical (unpaired) electrons. The summed E-state index contributed by atoms with van der Waals surface area (Å²) in [5.74, 6) is -1.04. The van der Waals surface area contributed by atoms with Crippen molar-refractivity contribution in [1.82, 2.24) is 0 Å². The highest BCUT2D eigenvalue weighted by atomic mass is 79.9. The van der Waals surface area contributed by atoms with Crippen LogP contribution in [-0.4, -0.2) is 23.3 Å². The van der Waals surface area contributed by atoms with Gasteiger partial charge in [0.1, 0.15) is 5.82 Å². The van der Waals surface area contributed by atoms with Crippen LogP contribution in [-0.2, 0) is 14.9 Å². The van der Waals surface area contributed by atoms with Gasteiger partial charge in [-0.05, 0) is 43.4 Å². The van der Waals surface area contributed by atoms with Crippen molar-refractivity contribution >= 4 is 21.9 Å². The maximum atomic E-state index is 14.2. The van der Waals surface area contributed by atoms with E-state index in [0.29, 0.717) is 25.0 Å². The molecule has 1 saturated carbocycles. The highest BCUT2D eigenvalue weighted by Crippen LogP contribution is 2.52. The van der Waals surface area contributed by atoms with E-state index in [1.807, 2.05) is 12.1 Å². The normalized spacial score (nSPS) is 32.3. The first kappa shape index (κ1) is 14.0. The second-order valence-electron chi connectivity index (χ2n) is 5.95. The lowest BCUT2D eigenvalue weighted by Crippen LogP contribution is -2.54. The van der Waals surface area contributed by atoms with Crippen molar-refractivity contribution < 1.29 is 19.0 Å². The average Bonchev–Trinajstić information content (AvgIpc) is 2.39. The van der Waals surface area contributed by atoms with E-state index in [1.54, 1.807) is 0 Å². The highest BCUT2D eigenvalue weighted by molar-refractivity contribution is 9.10. The second-order valence-corrected chi connectivity index (χ2v) is 6.86. The molecule has 0 spiro atoms. The smallest absolute Gasteiger partial charge is 0.306 e. The van der Waals surface area contributed by atoms with Crippen LogP contribution in [0.3, 0.4) is 0 Å². The Morgan fingerprint density at radius 3 is 2.55 bits per heavy atom. The van der Waals surface area contributed by atoms with Gasteiger partial charge in [-0.3, -0.25) is 4.79 Å². The van der Waals surface area contributed by atoms with Gasteiger partial charge in [-0.2, -0.15) is 0 Å². The summed E-state index contributed by atoms with van der Waals surface area (Å²) in [5.41, 5.74) is -0.117. The second kappa shape index (κ2) is 4.81. The third-order valence-electron chi connectivity index (χ3n) is 4.75. The van der Waals surface area contributed by atoms with E-state index in [2.05, 4.69) is 15.9 Å². The molecule has 1 aliphatic carbocycles. The maximum Gasteiger partial charge on any atom is 0.306 e. The van der Waals surface area contributed by atoms with Crippen LogP contribution in [0.15, 0.2) is 22.7 Å². The summed E-state index contributed by atoms with van der Waals surface area (Å²) < 4.78 is 20.8. The molecule has 1 aromatic rings. The monoisotopic (exact) mass is 342 g/mol. The molecule has 0 atom stereocenters. The number of hydrogen-bond donors (Lipinski definition) is 1. The molecule has 3 nitrogen and oxygen atoms in total. The largest absolute Gasteiger partial charge is 0.481 e. The van der Waals surface area contributed by atoms with E-state index in [1.165, 1.54) is 6.07 Å². The van der Waals surface area contributed by atoms with E-state index in [4.69, 9.17) is 9.84 Å². The molecule has 0 aromatic heterocycles. The Morgan fingerprint density at radius 2 is 2.05 bits per heavy atom. The molecule has 108 valence electrons. The van der Waals surface area contributed by atoms with E-state index in [9.17, 15) is 9.18 Å². The Morgan fingerprint density at radius 1 is 1.35 bits per heavy atom. The summed E-state index contributed by atoms with van der Waals surface area (Å²) in [6, 6.07) is 5.15. The summed E-state index contributed by atoms with van der Waals surface area (Å²) in [6.45, 7) is 0.416. The molecule has 0 amide bonds. The lowest BCUT2D eigenvalue weighted by Gasteiger charge is -2.53. The van der Waals surface area contributed by atoms with Crippen molar-refractivity contribution in [1.29, 1.82) is 0 Å². The summed E-state index contributed by atoms with van der Waals surface area (Å²) >= 11 is 3.27. The fraction of sp³-hybridized carbons (Fsp3) is 0.533.